The highest BCUT2D eigenvalue weighted by atomic mass is 16.2. The zero-order valence-corrected chi connectivity index (χ0v) is 16.3. The van der Waals surface area contributed by atoms with Crippen molar-refractivity contribution in [1.82, 2.24) is 15.5 Å². The molecule has 2 aromatic rings. The molecule has 1 saturated heterocycles. The van der Waals surface area contributed by atoms with Crippen molar-refractivity contribution in [1.29, 1.82) is 0 Å². The molecule has 7 heteroatoms. The second-order valence-corrected chi connectivity index (χ2v) is 7.11. The van der Waals surface area contributed by atoms with Crippen LogP contribution in [0, 0.1) is 0 Å². The van der Waals surface area contributed by atoms with Crippen molar-refractivity contribution in [3.63, 3.8) is 0 Å². The molecule has 0 saturated carbocycles. The fourth-order valence-corrected chi connectivity index (χ4v) is 3.41. The van der Waals surface area contributed by atoms with E-state index in [4.69, 9.17) is 5.73 Å². The Balaban J connectivity index is 1.62. The predicted molar refractivity (Wildman–Crippen MR) is 111 cm³/mol. The Morgan fingerprint density at radius 1 is 1.07 bits per heavy atom. The number of rotatable bonds is 8. The Labute approximate surface area is 170 Å². The van der Waals surface area contributed by atoms with Crippen molar-refractivity contribution >= 4 is 17.7 Å². The number of hydrogen-bond donors (Lipinski definition) is 3. The molecule has 0 aromatic heterocycles. The fraction of sp³-hybridized carbons (Fsp3) is 0.318. The Bertz CT molecular complexity index is 852. The molecule has 1 aliphatic rings. The van der Waals surface area contributed by atoms with Crippen molar-refractivity contribution < 1.29 is 14.4 Å². The van der Waals surface area contributed by atoms with E-state index in [9.17, 15) is 14.4 Å². The van der Waals surface area contributed by atoms with Crippen LogP contribution in [0.3, 0.4) is 0 Å². The summed E-state index contributed by atoms with van der Waals surface area (Å²) in [6.07, 6.45) is 0.132. The number of primary amides is 1. The van der Waals surface area contributed by atoms with Gasteiger partial charge in [-0.3, -0.25) is 19.3 Å². The minimum Gasteiger partial charge on any atom is -0.370 e. The molecule has 1 heterocycles. The summed E-state index contributed by atoms with van der Waals surface area (Å²) in [5, 5.41) is 5.47. The van der Waals surface area contributed by atoms with Gasteiger partial charge in [-0.2, -0.15) is 0 Å². The van der Waals surface area contributed by atoms with Gasteiger partial charge in [0.1, 0.15) is 0 Å². The van der Waals surface area contributed by atoms with Crippen LogP contribution in [0.15, 0.2) is 54.6 Å². The molecule has 2 aromatic carbocycles. The van der Waals surface area contributed by atoms with E-state index in [0.29, 0.717) is 19.6 Å². The molecule has 4 N–H and O–H groups in total. The summed E-state index contributed by atoms with van der Waals surface area (Å²) in [7, 11) is 0. The molecule has 3 amide bonds. The van der Waals surface area contributed by atoms with Gasteiger partial charge in [0.2, 0.25) is 17.7 Å². The van der Waals surface area contributed by atoms with E-state index in [0.717, 1.165) is 16.7 Å². The summed E-state index contributed by atoms with van der Waals surface area (Å²) in [4.78, 5) is 37.3. The Morgan fingerprint density at radius 3 is 2.45 bits per heavy atom. The third-order valence-corrected chi connectivity index (χ3v) is 4.96. The average Bonchev–Trinajstić information content (AvgIpc) is 2.71. The maximum atomic E-state index is 12.3. The van der Waals surface area contributed by atoms with E-state index < -0.39 is 11.9 Å². The van der Waals surface area contributed by atoms with Gasteiger partial charge in [0.25, 0.3) is 0 Å². The summed E-state index contributed by atoms with van der Waals surface area (Å²) < 4.78 is 0. The van der Waals surface area contributed by atoms with Gasteiger partial charge >= 0.3 is 0 Å². The number of carbonyl (C=O) groups is 3. The molecule has 1 fully saturated rings. The number of nitrogens with two attached hydrogens (primary N) is 1. The molecular formula is C22H26N4O3. The molecule has 1 aliphatic heterocycles. The highest BCUT2D eigenvalue weighted by Crippen LogP contribution is 2.21. The minimum absolute atomic E-state index is 0.0483. The quantitative estimate of drug-likeness (QED) is 0.622. The lowest BCUT2D eigenvalue weighted by atomic mass is 10.0. The standard InChI is InChI=1S/C22H26N4O3/c23-20(27)10-11-24-21(28)14-19-22(29)25-12-13-26(19)15-16-6-8-18(9-7-16)17-4-2-1-3-5-17/h1-9,19H,10-15H2,(H2,23,27)(H,24,28)(H,25,29). The number of amides is 3. The van der Waals surface area contributed by atoms with Gasteiger partial charge in [0.05, 0.1) is 12.5 Å². The van der Waals surface area contributed by atoms with Crippen LogP contribution >= 0.6 is 0 Å². The lowest BCUT2D eigenvalue weighted by Gasteiger charge is -2.34. The number of hydrogen-bond acceptors (Lipinski definition) is 4. The SMILES string of the molecule is NC(=O)CCNC(=O)CC1C(=O)NCCN1Cc1ccc(-c2ccccc2)cc1. The van der Waals surface area contributed by atoms with Crippen molar-refractivity contribution in [2.24, 2.45) is 5.73 Å². The van der Waals surface area contributed by atoms with Gasteiger partial charge in [0.15, 0.2) is 0 Å². The second kappa shape index (κ2) is 9.84. The van der Waals surface area contributed by atoms with E-state index in [1.165, 1.54) is 0 Å². The van der Waals surface area contributed by atoms with Crippen molar-refractivity contribution in [3.8, 4) is 11.1 Å². The van der Waals surface area contributed by atoms with Gasteiger partial charge in [-0.1, -0.05) is 54.6 Å². The molecule has 0 bridgehead atoms. The maximum absolute atomic E-state index is 12.3. The first-order valence-corrected chi connectivity index (χ1v) is 9.74. The lowest BCUT2D eigenvalue weighted by Crippen LogP contribution is -2.56. The summed E-state index contributed by atoms with van der Waals surface area (Å²) in [5.41, 5.74) is 8.45. The zero-order chi connectivity index (χ0) is 20.6. The molecule has 0 aliphatic carbocycles. The molecule has 1 unspecified atom stereocenters. The number of benzene rings is 2. The van der Waals surface area contributed by atoms with E-state index in [-0.39, 0.29) is 31.2 Å². The normalized spacial score (nSPS) is 16.8. The van der Waals surface area contributed by atoms with Crippen LogP contribution in [0.4, 0.5) is 0 Å². The molecular weight excluding hydrogens is 368 g/mol. The van der Waals surface area contributed by atoms with Crippen molar-refractivity contribution in [2.75, 3.05) is 19.6 Å². The Morgan fingerprint density at radius 2 is 1.76 bits per heavy atom. The average molecular weight is 394 g/mol. The number of carbonyl (C=O) groups excluding carboxylic acids is 3. The summed E-state index contributed by atoms with van der Waals surface area (Å²) >= 11 is 0. The molecule has 1 atom stereocenters. The van der Waals surface area contributed by atoms with E-state index >= 15 is 0 Å². The summed E-state index contributed by atoms with van der Waals surface area (Å²) in [6.45, 7) is 2.00. The van der Waals surface area contributed by atoms with Gasteiger partial charge in [-0.05, 0) is 16.7 Å². The van der Waals surface area contributed by atoms with Crippen LogP contribution < -0.4 is 16.4 Å². The monoisotopic (exact) mass is 394 g/mol. The fourth-order valence-electron chi connectivity index (χ4n) is 3.41. The minimum atomic E-state index is -0.536. The van der Waals surface area contributed by atoms with Crippen LogP contribution in [-0.2, 0) is 20.9 Å². The third-order valence-electron chi connectivity index (χ3n) is 4.96. The van der Waals surface area contributed by atoms with E-state index in [1.54, 1.807) is 0 Å². The highest BCUT2D eigenvalue weighted by molar-refractivity contribution is 5.89. The number of piperazine rings is 1. The molecule has 7 nitrogen and oxygen atoms in total. The zero-order valence-electron chi connectivity index (χ0n) is 16.3. The first-order valence-electron chi connectivity index (χ1n) is 9.74. The van der Waals surface area contributed by atoms with E-state index in [2.05, 4.69) is 47.0 Å². The summed E-state index contributed by atoms with van der Waals surface area (Å²) in [5.74, 6) is -0.888. The van der Waals surface area contributed by atoms with E-state index in [1.807, 2.05) is 23.1 Å². The third kappa shape index (κ3) is 5.89. The first kappa shape index (κ1) is 20.5. The highest BCUT2D eigenvalue weighted by Gasteiger charge is 2.31. The van der Waals surface area contributed by atoms with Gasteiger partial charge in [-0.15, -0.1) is 0 Å². The summed E-state index contributed by atoms with van der Waals surface area (Å²) in [6, 6.07) is 17.9. The van der Waals surface area contributed by atoms with Gasteiger partial charge in [-0.25, -0.2) is 0 Å². The molecule has 3 rings (SSSR count). The Kier molecular flexibility index (Phi) is 6.97. The first-order chi connectivity index (χ1) is 14.0. The molecule has 0 spiro atoms. The van der Waals surface area contributed by atoms with Gasteiger partial charge in [0, 0.05) is 32.6 Å². The number of nitrogens with zero attached hydrogens (tertiary/aromatic N) is 1. The second-order valence-electron chi connectivity index (χ2n) is 7.11. The Hall–Kier alpha value is -3.19. The van der Waals surface area contributed by atoms with Crippen LogP contribution in [0.5, 0.6) is 0 Å². The van der Waals surface area contributed by atoms with Crippen LogP contribution in [0.25, 0.3) is 11.1 Å². The van der Waals surface area contributed by atoms with Crippen LogP contribution in [-0.4, -0.2) is 48.3 Å². The van der Waals surface area contributed by atoms with Crippen LogP contribution in [0.1, 0.15) is 18.4 Å². The maximum Gasteiger partial charge on any atom is 0.237 e. The van der Waals surface area contributed by atoms with Crippen molar-refractivity contribution in [3.05, 3.63) is 60.2 Å². The molecule has 152 valence electrons. The lowest BCUT2D eigenvalue weighted by molar-refractivity contribution is -0.134. The van der Waals surface area contributed by atoms with Crippen molar-refractivity contribution in [2.45, 2.75) is 25.4 Å². The number of nitrogens with one attached hydrogen (secondary N) is 2. The largest absolute Gasteiger partial charge is 0.370 e. The van der Waals surface area contributed by atoms with Gasteiger partial charge < -0.3 is 16.4 Å². The molecule has 29 heavy (non-hydrogen) atoms. The topological polar surface area (TPSA) is 105 Å². The predicted octanol–water partition coefficient (Wildman–Crippen LogP) is 1.04. The smallest absolute Gasteiger partial charge is 0.237 e. The molecule has 0 radical (unpaired) electrons. The van der Waals surface area contributed by atoms with Crippen LogP contribution in [0.2, 0.25) is 0 Å².